The third kappa shape index (κ3) is 6.36. The predicted octanol–water partition coefficient (Wildman–Crippen LogP) is 5.26. The second kappa shape index (κ2) is 11.5. The number of hydrogen-bond donors (Lipinski definition) is 0. The average Bonchev–Trinajstić information content (AvgIpc) is 2.86. The summed E-state index contributed by atoms with van der Waals surface area (Å²) < 4.78 is 33.3. The highest BCUT2D eigenvalue weighted by Crippen LogP contribution is 2.38. The summed E-state index contributed by atoms with van der Waals surface area (Å²) in [5.41, 5.74) is -0.474. The summed E-state index contributed by atoms with van der Waals surface area (Å²) in [6.07, 6.45) is 3.09. The van der Waals surface area contributed by atoms with Crippen molar-refractivity contribution in [2.75, 3.05) is 50.8 Å². The number of piperazine rings is 1. The molecule has 12 heteroatoms. The van der Waals surface area contributed by atoms with Crippen LogP contribution < -0.4 is 9.64 Å². The number of carbonyl (C=O) groups is 1. The van der Waals surface area contributed by atoms with Gasteiger partial charge in [0, 0.05) is 25.0 Å². The molecule has 3 saturated heterocycles. The molecule has 0 aliphatic carbocycles. The van der Waals surface area contributed by atoms with Crippen LogP contribution in [0.1, 0.15) is 47.0 Å². The lowest BCUT2D eigenvalue weighted by Crippen LogP contribution is -2.66. The second-order valence-corrected chi connectivity index (χ2v) is 12.8. The highest BCUT2D eigenvalue weighted by atomic mass is 79.9. The van der Waals surface area contributed by atoms with Gasteiger partial charge in [0.25, 0.3) is 0 Å². The highest BCUT2D eigenvalue weighted by molar-refractivity contribution is 9.10. The molecule has 1 amide bonds. The Bertz CT molecular complexity index is 1210. The molecule has 0 saturated carbocycles. The van der Waals surface area contributed by atoms with Gasteiger partial charge in [0.15, 0.2) is 5.82 Å². The van der Waals surface area contributed by atoms with Crippen LogP contribution in [0.2, 0.25) is 5.02 Å². The fraction of sp³-hybridized carbons (Fsp3) is 0.667. The number of piperidine rings is 1. The maximum absolute atomic E-state index is 15.5. The molecule has 1 aromatic carbocycles. The average molecular weight is 629 g/mol. The lowest BCUT2D eigenvalue weighted by atomic mass is 10.0. The summed E-state index contributed by atoms with van der Waals surface area (Å²) >= 11 is 9.62. The number of likely N-dealkylation sites (tertiary alicyclic amines) is 1. The quantitative estimate of drug-likeness (QED) is 0.415. The molecule has 3 aliphatic rings. The van der Waals surface area contributed by atoms with Crippen LogP contribution in [0.4, 0.5) is 15.0 Å². The molecular formula is C27H36BrClFN5O4. The van der Waals surface area contributed by atoms with Crippen molar-refractivity contribution in [2.45, 2.75) is 70.7 Å². The standard InChI is InChI=1S/C27H36BrClFN5O4/c1-16(11-33-8-6-5-7-9-33)38-25-31-23-19(10-20(29)21(28)22(23)30)24(32-25)34-12-17-14-37-15-18(13-34)35(17)26(36)39-27(2,3)4/h10,16-18H,5-9,11-15H2,1-4H3. The van der Waals surface area contributed by atoms with Gasteiger partial charge in [0.05, 0.1) is 34.8 Å². The van der Waals surface area contributed by atoms with Crippen LogP contribution in [-0.2, 0) is 9.47 Å². The molecule has 2 aromatic rings. The fourth-order valence-corrected chi connectivity index (χ4v) is 6.10. The van der Waals surface area contributed by atoms with Crippen molar-refractivity contribution in [3.8, 4) is 6.01 Å². The number of morpholine rings is 1. The molecular weight excluding hydrogens is 593 g/mol. The molecule has 0 radical (unpaired) electrons. The smallest absolute Gasteiger partial charge is 0.411 e. The van der Waals surface area contributed by atoms with E-state index in [2.05, 4.69) is 30.7 Å². The number of carbonyl (C=O) groups excluding carboxylic acids is 1. The van der Waals surface area contributed by atoms with Crippen molar-refractivity contribution < 1.29 is 23.4 Å². The summed E-state index contributed by atoms with van der Waals surface area (Å²) in [4.78, 5) is 28.5. The third-order valence-electron chi connectivity index (χ3n) is 7.23. The lowest BCUT2D eigenvalue weighted by Gasteiger charge is -2.49. The topological polar surface area (TPSA) is 80.3 Å². The number of hydrogen-bond acceptors (Lipinski definition) is 8. The number of benzene rings is 1. The van der Waals surface area contributed by atoms with E-state index in [0.717, 1.165) is 19.6 Å². The van der Waals surface area contributed by atoms with E-state index >= 15 is 4.39 Å². The first-order valence-electron chi connectivity index (χ1n) is 13.6. The number of anilines is 1. The highest BCUT2D eigenvalue weighted by Gasteiger charge is 2.43. The van der Waals surface area contributed by atoms with E-state index < -0.39 is 11.4 Å². The third-order valence-corrected chi connectivity index (χ3v) is 8.53. The zero-order chi connectivity index (χ0) is 27.9. The number of amides is 1. The minimum Gasteiger partial charge on any atom is -0.459 e. The largest absolute Gasteiger partial charge is 0.459 e. The molecule has 214 valence electrons. The lowest BCUT2D eigenvalue weighted by molar-refractivity contribution is -0.0665. The molecule has 3 aliphatic heterocycles. The molecule has 5 rings (SSSR count). The summed E-state index contributed by atoms with van der Waals surface area (Å²) in [6, 6.07) is 1.28. The molecule has 9 nitrogen and oxygen atoms in total. The molecule has 3 atom stereocenters. The number of fused-ring (bicyclic) bond motifs is 3. The van der Waals surface area contributed by atoms with Crippen LogP contribution in [0, 0.1) is 5.82 Å². The van der Waals surface area contributed by atoms with E-state index in [1.807, 2.05) is 27.7 Å². The monoisotopic (exact) mass is 627 g/mol. The van der Waals surface area contributed by atoms with Crippen molar-refractivity contribution in [1.29, 1.82) is 0 Å². The first kappa shape index (κ1) is 28.6. The van der Waals surface area contributed by atoms with Gasteiger partial charge in [-0.1, -0.05) is 18.0 Å². The minimum atomic E-state index is -0.606. The Balaban J connectivity index is 1.46. The molecule has 39 heavy (non-hydrogen) atoms. The summed E-state index contributed by atoms with van der Waals surface area (Å²) in [5.74, 6) is -0.0418. The molecule has 1 aromatic heterocycles. The first-order chi connectivity index (χ1) is 18.5. The predicted molar refractivity (Wildman–Crippen MR) is 151 cm³/mol. The van der Waals surface area contributed by atoms with E-state index in [4.69, 9.17) is 30.8 Å². The van der Waals surface area contributed by atoms with Crippen molar-refractivity contribution in [2.24, 2.45) is 0 Å². The minimum absolute atomic E-state index is 0.117. The summed E-state index contributed by atoms with van der Waals surface area (Å²) in [7, 11) is 0. The maximum atomic E-state index is 15.5. The number of nitrogens with zero attached hydrogens (tertiary/aromatic N) is 5. The van der Waals surface area contributed by atoms with Gasteiger partial charge in [-0.3, -0.25) is 9.80 Å². The Morgan fingerprint density at radius 1 is 1.21 bits per heavy atom. The van der Waals surface area contributed by atoms with Crippen LogP contribution in [0.3, 0.4) is 0 Å². The molecule has 3 unspecified atom stereocenters. The van der Waals surface area contributed by atoms with Crippen molar-refractivity contribution >= 4 is 50.3 Å². The van der Waals surface area contributed by atoms with Gasteiger partial charge < -0.3 is 19.1 Å². The summed E-state index contributed by atoms with van der Waals surface area (Å²) in [5, 5.41) is 0.717. The van der Waals surface area contributed by atoms with Crippen molar-refractivity contribution in [3.05, 3.63) is 21.4 Å². The fourth-order valence-electron chi connectivity index (χ4n) is 5.60. The maximum Gasteiger partial charge on any atom is 0.411 e. The van der Waals surface area contributed by atoms with Gasteiger partial charge in [0.2, 0.25) is 0 Å². The van der Waals surface area contributed by atoms with E-state index in [-0.39, 0.29) is 45.3 Å². The molecule has 2 bridgehead atoms. The SMILES string of the molecule is CC(CN1CCCCC1)Oc1nc(N2CC3COCC(C2)N3C(=O)OC(C)(C)C)c2cc(Cl)c(Br)c(F)c2n1. The zero-order valence-electron chi connectivity index (χ0n) is 22.9. The normalized spacial score (nSPS) is 23.2. The molecule has 0 spiro atoms. The van der Waals surface area contributed by atoms with Gasteiger partial charge in [-0.2, -0.15) is 9.97 Å². The number of ether oxygens (including phenoxy) is 3. The van der Waals surface area contributed by atoms with Crippen LogP contribution in [0.15, 0.2) is 10.5 Å². The Hall–Kier alpha value is -1.95. The zero-order valence-corrected chi connectivity index (χ0v) is 25.2. The van der Waals surface area contributed by atoms with Gasteiger partial charge in [-0.25, -0.2) is 9.18 Å². The van der Waals surface area contributed by atoms with Crippen molar-refractivity contribution in [3.63, 3.8) is 0 Å². The molecule has 4 heterocycles. The Kier molecular flexibility index (Phi) is 8.43. The van der Waals surface area contributed by atoms with Crippen LogP contribution >= 0.6 is 27.5 Å². The van der Waals surface area contributed by atoms with Crippen LogP contribution in [0.5, 0.6) is 6.01 Å². The molecule has 3 fully saturated rings. The van der Waals surface area contributed by atoms with Gasteiger partial charge >= 0.3 is 12.1 Å². The van der Waals surface area contributed by atoms with Crippen LogP contribution in [-0.4, -0.2) is 95.6 Å². The Morgan fingerprint density at radius 3 is 2.51 bits per heavy atom. The van der Waals surface area contributed by atoms with E-state index in [1.165, 1.54) is 19.3 Å². The van der Waals surface area contributed by atoms with E-state index in [9.17, 15) is 4.79 Å². The van der Waals surface area contributed by atoms with Gasteiger partial charge in [-0.15, -0.1) is 0 Å². The van der Waals surface area contributed by atoms with E-state index in [1.54, 1.807) is 11.0 Å². The van der Waals surface area contributed by atoms with Gasteiger partial charge in [0.1, 0.15) is 23.0 Å². The Morgan fingerprint density at radius 2 is 1.87 bits per heavy atom. The van der Waals surface area contributed by atoms with E-state index in [0.29, 0.717) is 37.5 Å². The second-order valence-electron chi connectivity index (χ2n) is 11.6. The number of rotatable bonds is 5. The van der Waals surface area contributed by atoms with Crippen LogP contribution in [0.25, 0.3) is 10.9 Å². The molecule has 0 N–H and O–H groups in total. The first-order valence-corrected chi connectivity index (χ1v) is 14.8. The van der Waals surface area contributed by atoms with Crippen molar-refractivity contribution in [1.82, 2.24) is 19.8 Å². The van der Waals surface area contributed by atoms with Gasteiger partial charge in [-0.05, 0) is 75.6 Å². The number of aromatic nitrogens is 2. The summed E-state index contributed by atoms with van der Waals surface area (Å²) in [6.45, 7) is 12.0. The number of halogens is 3. The Labute approximate surface area is 242 Å².